The Kier molecular flexibility index (Phi) is 6.57. The zero-order valence-electron chi connectivity index (χ0n) is 16.7. The number of hydrogen-bond acceptors (Lipinski definition) is 5. The van der Waals surface area contributed by atoms with E-state index in [0.717, 1.165) is 12.0 Å². The monoisotopic (exact) mass is 398 g/mol. The van der Waals surface area contributed by atoms with Crippen LogP contribution in [0.2, 0.25) is 0 Å². The number of rotatable bonds is 8. The zero-order valence-corrected chi connectivity index (χ0v) is 17.5. The van der Waals surface area contributed by atoms with Crippen molar-refractivity contribution in [2.75, 3.05) is 5.75 Å². The van der Waals surface area contributed by atoms with Crippen LogP contribution in [-0.2, 0) is 18.3 Å². The molecule has 0 aliphatic rings. The van der Waals surface area contributed by atoms with Crippen LogP contribution >= 0.6 is 11.8 Å². The van der Waals surface area contributed by atoms with Crippen LogP contribution in [0.15, 0.2) is 52.2 Å². The molecule has 2 heterocycles. The lowest BCUT2D eigenvalue weighted by atomic mass is 9.95. The van der Waals surface area contributed by atoms with Gasteiger partial charge in [-0.15, -0.1) is 10.2 Å². The highest BCUT2D eigenvalue weighted by Gasteiger charge is 2.20. The summed E-state index contributed by atoms with van der Waals surface area (Å²) in [7, 11) is 1.87. The third kappa shape index (κ3) is 4.65. The Bertz CT molecular complexity index is 901. The van der Waals surface area contributed by atoms with Gasteiger partial charge < -0.3 is 14.3 Å². The predicted octanol–water partition coefficient (Wildman–Crippen LogP) is 4.24. The fraction of sp³-hybridized carbons (Fsp3) is 0.381. The third-order valence-electron chi connectivity index (χ3n) is 4.64. The SMILES string of the molecule is CCc1ccc([C@H](NC(=O)CSc2nnc(-c3ccco3)n2C)C(C)C)cc1. The number of aryl methyl sites for hydroxylation is 1. The second-order valence-corrected chi connectivity index (χ2v) is 7.96. The normalized spacial score (nSPS) is 12.3. The highest BCUT2D eigenvalue weighted by Crippen LogP contribution is 2.25. The van der Waals surface area contributed by atoms with Gasteiger partial charge in [0.25, 0.3) is 0 Å². The van der Waals surface area contributed by atoms with Crippen molar-refractivity contribution < 1.29 is 9.21 Å². The molecule has 0 unspecified atom stereocenters. The molecule has 1 amide bonds. The number of furan rings is 1. The Hall–Kier alpha value is -2.54. The van der Waals surface area contributed by atoms with Crippen LogP contribution in [0.5, 0.6) is 0 Å². The first kappa shape index (κ1) is 20.2. The summed E-state index contributed by atoms with van der Waals surface area (Å²) >= 11 is 1.36. The number of hydrogen-bond donors (Lipinski definition) is 1. The molecule has 1 aromatic carbocycles. The lowest BCUT2D eigenvalue weighted by Crippen LogP contribution is -2.33. The van der Waals surface area contributed by atoms with Crippen molar-refractivity contribution in [1.29, 1.82) is 0 Å². The summed E-state index contributed by atoms with van der Waals surface area (Å²) in [6.07, 6.45) is 2.61. The molecule has 0 spiro atoms. The Morgan fingerprint density at radius 1 is 1.21 bits per heavy atom. The van der Waals surface area contributed by atoms with E-state index in [4.69, 9.17) is 4.42 Å². The summed E-state index contributed by atoms with van der Waals surface area (Å²) in [6.45, 7) is 6.37. The molecule has 6 nitrogen and oxygen atoms in total. The van der Waals surface area contributed by atoms with E-state index in [1.54, 1.807) is 6.26 Å². The lowest BCUT2D eigenvalue weighted by Gasteiger charge is -2.23. The fourth-order valence-corrected chi connectivity index (χ4v) is 3.72. The van der Waals surface area contributed by atoms with Crippen LogP contribution in [0.3, 0.4) is 0 Å². The van der Waals surface area contributed by atoms with Gasteiger partial charge in [0.2, 0.25) is 5.91 Å². The molecule has 0 saturated carbocycles. The van der Waals surface area contributed by atoms with Gasteiger partial charge in [0.1, 0.15) is 0 Å². The molecule has 7 heteroatoms. The van der Waals surface area contributed by atoms with Gasteiger partial charge in [0.05, 0.1) is 18.1 Å². The van der Waals surface area contributed by atoms with Crippen LogP contribution in [0, 0.1) is 5.92 Å². The van der Waals surface area contributed by atoms with E-state index in [2.05, 4.69) is 60.6 Å². The van der Waals surface area contributed by atoms with Crippen LogP contribution in [0.1, 0.15) is 37.9 Å². The molecule has 0 saturated heterocycles. The minimum absolute atomic E-state index is 0.0165. The molecule has 0 aliphatic heterocycles. The highest BCUT2D eigenvalue weighted by atomic mass is 32.2. The van der Waals surface area contributed by atoms with Crippen LogP contribution in [0.4, 0.5) is 0 Å². The molecule has 148 valence electrons. The minimum Gasteiger partial charge on any atom is -0.461 e. The molecule has 28 heavy (non-hydrogen) atoms. The second kappa shape index (κ2) is 9.10. The predicted molar refractivity (Wildman–Crippen MR) is 111 cm³/mol. The molecule has 0 radical (unpaired) electrons. The maximum atomic E-state index is 12.6. The van der Waals surface area contributed by atoms with Crippen molar-refractivity contribution >= 4 is 17.7 Å². The molecule has 1 N–H and O–H groups in total. The highest BCUT2D eigenvalue weighted by molar-refractivity contribution is 7.99. The van der Waals surface area contributed by atoms with Crippen LogP contribution < -0.4 is 5.32 Å². The summed E-state index contributed by atoms with van der Waals surface area (Å²) in [5, 5.41) is 12.2. The standard InChI is InChI=1S/C21H26N4O2S/c1-5-15-8-10-16(11-9-15)19(14(2)3)22-18(26)13-28-21-24-23-20(25(21)4)17-7-6-12-27-17/h6-12,14,19H,5,13H2,1-4H3,(H,22,26)/t19-/m1/s1. The first-order chi connectivity index (χ1) is 13.5. The van der Waals surface area contributed by atoms with Crippen molar-refractivity contribution in [3.05, 3.63) is 53.8 Å². The Morgan fingerprint density at radius 2 is 1.96 bits per heavy atom. The zero-order chi connectivity index (χ0) is 20.1. The van der Waals surface area contributed by atoms with Crippen molar-refractivity contribution in [1.82, 2.24) is 20.1 Å². The first-order valence-electron chi connectivity index (χ1n) is 9.43. The van der Waals surface area contributed by atoms with Gasteiger partial charge in [-0.05, 0) is 35.6 Å². The molecule has 1 atom stereocenters. The van der Waals surface area contributed by atoms with Crippen molar-refractivity contribution in [3.63, 3.8) is 0 Å². The minimum atomic E-state index is -0.0224. The smallest absolute Gasteiger partial charge is 0.230 e. The number of thioether (sulfide) groups is 1. The van der Waals surface area contributed by atoms with Gasteiger partial charge in [-0.25, -0.2) is 0 Å². The van der Waals surface area contributed by atoms with Crippen molar-refractivity contribution in [3.8, 4) is 11.6 Å². The maximum Gasteiger partial charge on any atom is 0.230 e. The molecular formula is C21H26N4O2S. The van der Waals surface area contributed by atoms with Gasteiger partial charge in [-0.3, -0.25) is 4.79 Å². The molecular weight excluding hydrogens is 372 g/mol. The summed E-state index contributed by atoms with van der Waals surface area (Å²) < 4.78 is 7.21. The largest absolute Gasteiger partial charge is 0.461 e. The topological polar surface area (TPSA) is 73.0 Å². The van der Waals surface area contributed by atoms with E-state index in [1.165, 1.54) is 17.3 Å². The number of amides is 1. The maximum absolute atomic E-state index is 12.6. The number of aromatic nitrogens is 3. The fourth-order valence-electron chi connectivity index (χ4n) is 3.00. The number of nitrogens with zero attached hydrogens (tertiary/aromatic N) is 3. The molecule has 2 aromatic heterocycles. The van der Waals surface area contributed by atoms with E-state index >= 15 is 0 Å². The van der Waals surface area contributed by atoms with Crippen molar-refractivity contribution in [2.24, 2.45) is 13.0 Å². The van der Waals surface area contributed by atoms with Gasteiger partial charge in [0, 0.05) is 7.05 Å². The summed E-state index contributed by atoms with van der Waals surface area (Å²) in [5.41, 5.74) is 2.42. The van der Waals surface area contributed by atoms with Crippen molar-refractivity contribution in [2.45, 2.75) is 38.4 Å². The number of carbonyl (C=O) groups is 1. The number of benzene rings is 1. The van der Waals surface area contributed by atoms with Crippen LogP contribution in [-0.4, -0.2) is 26.4 Å². The van der Waals surface area contributed by atoms with E-state index < -0.39 is 0 Å². The lowest BCUT2D eigenvalue weighted by molar-refractivity contribution is -0.119. The molecule has 0 bridgehead atoms. The van der Waals surface area contributed by atoms with Crippen LogP contribution in [0.25, 0.3) is 11.6 Å². The summed E-state index contributed by atoms with van der Waals surface area (Å²) in [6, 6.07) is 12.1. The summed E-state index contributed by atoms with van der Waals surface area (Å²) in [4.78, 5) is 12.6. The van der Waals surface area contributed by atoms with Gasteiger partial charge in [0.15, 0.2) is 16.7 Å². The van der Waals surface area contributed by atoms with E-state index in [9.17, 15) is 4.79 Å². The third-order valence-corrected chi connectivity index (χ3v) is 5.66. The average molecular weight is 399 g/mol. The second-order valence-electron chi connectivity index (χ2n) is 7.02. The van der Waals surface area contributed by atoms with E-state index in [1.807, 2.05) is 23.7 Å². The van der Waals surface area contributed by atoms with Gasteiger partial charge in [-0.1, -0.05) is 56.8 Å². The first-order valence-corrected chi connectivity index (χ1v) is 10.4. The van der Waals surface area contributed by atoms with Gasteiger partial charge >= 0.3 is 0 Å². The quantitative estimate of drug-likeness (QED) is 0.575. The Labute approximate surface area is 169 Å². The average Bonchev–Trinajstić information content (AvgIpc) is 3.34. The molecule has 3 rings (SSSR count). The Morgan fingerprint density at radius 3 is 2.57 bits per heavy atom. The number of nitrogens with one attached hydrogen (secondary N) is 1. The Balaban J connectivity index is 1.62. The van der Waals surface area contributed by atoms with E-state index in [0.29, 0.717) is 22.7 Å². The van der Waals surface area contributed by atoms with E-state index in [-0.39, 0.29) is 17.7 Å². The molecule has 3 aromatic rings. The number of carbonyl (C=O) groups excluding carboxylic acids is 1. The molecule has 0 aliphatic carbocycles. The van der Waals surface area contributed by atoms with Gasteiger partial charge in [-0.2, -0.15) is 0 Å². The summed E-state index contributed by atoms with van der Waals surface area (Å²) in [5.74, 6) is 1.85. The molecule has 0 fully saturated rings.